The largest absolute Gasteiger partial charge is 0.495 e. The van der Waals surface area contributed by atoms with E-state index in [0.717, 1.165) is 33.3 Å². The highest BCUT2D eigenvalue weighted by atomic mass is 16.5. The molecule has 1 aliphatic heterocycles. The summed E-state index contributed by atoms with van der Waals surface area (Å²) in [6.45, 7) is 8.18. The lowest BCUT2D eigenvalue weighted by atomic mass is 10.1. The summed E-state index contributed by atoms with van der Waals surface area (Å²) in [5.41, 5.74) is 5.51. The quantitative estimate of drug-likeness (QED) is 0.446. The highest BCUT2D eigenvalue weighted by Gasteiger charge is 2.36. The van der Waals surface area contributed by atoms with Crippen LogP contribution in [0.4, 0.5) is 11.5 Å². The zero-order chi connectivity index (χ0) is 25.6. The Morgan fingerprint density at radius 2 is 1.86 bits per heavy atom. The van der Waals surface area contributed by atoms with Gasteiger partial charge in [0.2, 0.25) is 11.8 Å². The molecule has 1 saturated heterocycles. The standard InChI is InChI=1S/C28H29N5O3/c1-16-9-10-23(36-5)22(11-16)32-15-20(14-26(32)34)28(35)30-25-13-19(4)31-33(25)24-12-18(3)21-8-6-7-17(2)27(21)29-24/h6-13,20H,14-15H2,1-5H3,(H,30,35). The molecule has 0 bridgehead atoms. The Balaban J connectivity index is 1.42. The summed E-state index contributed by atoms with van der Waals surface area (Å²) in [5.74, 6) is 0.928. The SMILES string of the molecule is COc1ccc(C)cc1N1CC(C(=O)Nc2cc(C)nn2-c2cc(C)c3cccc(C)c3n2)CC1=O. The summed E-state index contributed by atoms with van der Waals surface area (Å²) >= 11 is 0. The third kappa shape index (κ3) is 4.19. The van der Waals surface area contributed by atoms with Crippen LogP contribution in [0.25, 0.3) is 16.7 Å². The zero-order valence-electron chi connectivity index (χ0n) is 21.1. The Morgan fingerprint density at radius 1 is 1.06 bits per heavy atom. The normalized spacial score (nSPS) is 15.5. The van der Waals surface area contributed by atoms with Crippen LogP contribution in [0.1, 0.15) is 28.8 Å². The van der Waals surface area contributed by atoms with Crippen molar-refractivity contribution in [2.24, 2.45) is 5.92 Å². The number of nitrogens with one attached hydrogen (secondary N) is 1. The number of carbonyl (C=O) groups is 2. The Morgan fingerprint density at radius 3 is 2.64 bits per heavy atom. The van der Waals surface area contributed by atoms with E-state index >= 15 is 0 Å². The number of anilines is 2. The van der Waals surface area contributed by atoms with Gasteiger partial charge in [0, 0.05) is 24.4 Å². The monoisotopic (exact) mass is 483 g/mol. The molecule has 8 nitrogen and oxygen atoms in total. The summed E-state index contributed by atoms with van der Waals surface area (Å²) < 4.78 is 7.11. The predicted molar refractivity (Wildman–Crippen MR) is 140 cm³/mol. The molecule has 0 saturated carbocycles. The molecule has 1 unspecified atom stereocenters. The lowest BCUT2D eigenvalue weighted by molar-refractivity contribution is -0.122. The number of aryl methyl sites for hydroxylation is 4. The molecular formula is C28H29N5O3. The number of rotatable bonds is 5. The van der Waals surface area contributed by atoms with Crippen molar-refractivity contribution >= 4 is 34.2 Å². The van der Waals surface area contributed by atoms with Crippen molar-refractivity contribution in [3.05, 3.63) is 70.9 Å². The first-order valence-corrected chi connectivity index (χ1v) is 11.9. The molecule has 2 aromatic heterocycles. The molecule has 0 spiro atoms. The molecule has 184 valence electrons. The van der Waals surface area contributed by atoms with E-state index in [1.807, 2.05) is 70.2 Å². The van der Waals surface area contributed by atoms with Crippen molar-refractivity contribution in [1.82, 2.24) is 14.8 Å². The van der Waals surface area contributed by atoms with Crippen LogP contribution >= 0.6 is 0 Å². The number of benzene rings is 2. The molecule has 8 heteroatoms. The molecule has 0 radical (unpaired) electrons. The first kappa shape index (κ1) is 23.5. The van der Waals surface area contributed by atoms with Crippen molar-refractivity contribution in [2.45, 2.75) is 34.1 Å². The molecule has 36 heavy (non-hydrogen) atoms. The Labute approximate surface area is 209 Å². The van der Waals surface area contributed by atoms with E-state index < -0.39 is 5.92 Å². The fourth-order valence-electron chi connectivity index (χ4n) is 4.77. The second kappa shape index (κ2) is 9.11. The highest BCUT2D eigenvalue weighted by Crippen LogP contribution is 2.34. The summed E-state index contributed by atoms with van der Waals surface area (Å²) in [5, 5.41) is 8.68. The lowest BCUT2D eigenvalue weighted by Gasteiger charge is -2.20. The van der Waals surface area contributed by atoms with Crippen molar-refractivity contribution in [1.29, 1.82) is 0 Å². The minimum absolute atomic E-state index is 0.106. The van der Waals surface area contributed by atoms with Gasteiger partial charge in [-0.2, -0.15) is 9.78 Å². The smallest absolute Gasteiger partial charge is 0.230 e. The van der Waals surface area contributed by atoms with Gasteiger partial charge in [0.1, 0.15) is 11.6 Å². The number of amides is 2. The van der Waals surface area contributed by atoms with E-state index in [2.05, 4.69) is 16.5 Å². The van der Waals surface area contributed by atoms with Gasteiger partial charge in [-0.25, -0.2) is 4.98 Å². The number of aromatic nitrogens is 3. The number of hydrogen-bond donors (Lipinski definition) is 1. The molecule has 2 aromatic carbocycles. The number of hydrogen-bond acceptors (Lipinski definition) is 5. The fraction of sp³-hybridized carbons (Fsp3) is 0.286. The topological polar surface area (TPSA) is 89.3 Å². The molecule has 1 aliphatic rings. The van der Waals surface area contributed by atoms with Crippen molar-refractivity contribution < 1.29 is 14.3 Å². The average Bonchev–Trinajstić information content (AvgIpc) is 3.41. The first-order chi connectivity index (χ1) is 17.2. The third-order valence-electron chi connectivity index (χ3n) is 6.66. The van der Waals surface area contributed by atoms with Crippen LogP contribution in [-0.4, -0.2) is 40.2 Å². The van der Waals surface area contributed by atoms with Gasteiger partial charge in [-0.1, -0.05) is 24.3 Å². The van der Waals surface area contributed by atoms with E-state index in [1.54, 1.807) is 16.7 Å². The maximum Gasteiger partial charge on any atom is 0.230 e. The molecule has 1 atom stereocenters. The second-order valence-corrected chi connectivity index (χ2v) is 9.42. The summed E-state index contributed by atoms with van der Waals surface area (Å²) in [6, 6.07) is 15.6. The molecular weight excluding hydrogens is 454 g/mol. The van der Waals surface area contributed by atoms with Crippen LogP contribution in [0.3, 0.4) is 0 Å². The fourth-order valence-corrected chi connectivity index (χ4v) is 4.77. The van der Waals surface area contributed by atoms with Crippen molar-refractivity contribution in [3.63, 3.8) is 0 Å². The van der Waals surface area contributed by atoms with E-state index in [4.69, 9.17) is 9.72 Å². The van der Waals surface area contributed by atoms with E-state index in [9.17, 15) is 9.59 Å². The highest BCUT2D eigenvalue weighted by molar-refractivity contribution is 6.04. The maximum absolute atomic E-state index is 13.3. The number of para-hydroxylation sites is 1. The summed E-state index contributed by atoms with van der Waals surface area (Å²) in [4.78, 5) is 32.7. The van der Waals surface area contributed by atoms with Crippen LogP contribution < -0.4 is 15.0 Å². The van der Waals surface area contributed by atoms with Crippen molar-refractivity contribution in [2.75, 3.05) is 23.9 Å². The minimum Gasteiger partial charge on any atom is -0.495 e. The van der Waals surface area contributed by atoms with E-state index in [1.165, 1.54) is 0 Å². The van der Waals surface area contributed by atoms with Crippen LogP contribution in [-0.2, 0) is 9.59 Å². The summed E-state index contributed by atoms with van der Waals surface area (Å²) in [6.07, 6.45) is 0.128. The minimum atomic E-state index is -0.500. The number of methoxy groups -OCH3 is 1. The Bertz CT molecular complexity index is 1510. The number of nitrogens with zero attached hydrogens (tertiary/aromatic N) is 4. The van der Waals surface area contributed by atoms with Gasteiger partial charge in [-0.05, 0) is 62.6 Å². The average molecular weight is 484 g/mol. The number of ether oxygens (including phenoxy) is 1. The molecule has 0 aliphatic carbocycles. The van der Waals surface area contributed by atoms with Gasteiger partial charge < -0.3 is 15.0 Å². The molecule has 1 fully saturated rings. The van der Waals surface area contributed by atoms with Gasteiger partial charge in [0.15, 0.2) is 5.82 Å². The van der Waals surface area contributed by atoms with Crippen LogP contribution in [0, 0.1) is 33.6 Å². The maximum atomic E-state index is 13.3. The number of fused-ring (bicyclic) bond motifs is 1. The third-order valence-corrected chi connectivity index (χ3v) is 6.66. The molecule has 2 amide bonds. The lowest BCUT2D eigenvalue weighted by Crippen LogP contribution is -2.29. The number of carbonyl (C=O) groups excluding carboxylic acids is 2. The van der Waals surface area contributed by atoms with Crippen LogP contribution in [0.2, 0.25) is 0 Å². The Hall–Kier alpha value is -4.20. The summed E-state index contributed by atoms with van der Waals surface area (Å²) in [7, 11) is 1.58. The Kier molecular flexibility index (Phi) is 5.96. The zero-order valence-corrected chi connectivity index (χ0v) is 21.1. The second-order valence-electron chi connectivity index (χ2n) is 9.42. The van der Waals surface area contributed by atoms with E-state index in [-0.39, 0.29) is 24.8 Å². The van der Waals surface area contributed by atoms with Gasteiger partial charge in [0.05, 0.1) is 29.9 Å². The van der Waals surface area contributed by atoms with Gasteiger partial charge >= 0.3 is 0 Å². The van der Waals surface area contributed by atoms with Gasteiger partial charge in [-0.15, -0.1) is 0 Å². The molecule has 3 heterocycles. The molecule has 5 rings (SSSR count). The molecule has 4 aromatic rings. The van der Waals surface area contributed by atoms with Crippen molar-refractivity contribution in [3.8, 4) is 11.6 Å². The van der Waals surface area contributed by atoms with E-state index in [0.29, 0.717) is 23.1 Å². The number of pyridine rings is 1. The van der Waals surface area contributed by atoms with Gasteiger partial charge in [0.25, 0.3) is 0 Å². The van der Waals surface area contributed by atoms with Crippen LogP contribution in [0.15, 0.2) is 48.5 Å². The molecule has 1 N–H and O–H groups in total. The van der Waals surface area contributed by atoms with Gasteiger partial charge in [-0.3, -0.25) is 9.59 Å². The predicted octanol–water partition coefficient (Wildman–Crippen LogP) is 4.65. The van der Waals surface area contributed by atoms with Crippen LogP contribution in [0.5, 0.6) is 5.75 Å². The first-order valence-electron chi connectivity index (χ1n) is 11.9.